The quantitative estimate of drug-likeness (QED) is 0.859. The summed E-state index contributed by atoms with van der Waals surface area (Å²) in [7, 11) is 0. The van der Waals surface area contributed by atoms with Crippen LogP contribution in [0.25, 0.3) is 10.8 Å². The summed E-state index contributed by atoms with van der Waals surface area (Å²) < 4.78 is 0. The van der Waals surface area contributed by atoms with Crippen molar-refractivity contribution in [1.29, 1.82) is 0 Å². The van der Waals surface area contributed by atoms with E-state index in [0.717, 1.165) is 5.92 Å². The molecule has 1 fully saturated rings. The molecule has 1 nitrogen and oxygen atoms in total. The van der Waals surface area contributed by atoms with Gasteiger partial charge in [0.1, 0.15) is 0 Å². The summed E-state index contributed by atoms with van der Waals surface area (Å²) in [6.07, 6.45) is 3.80. The number of nitrogens with one attached hydrogen (secondary N) is 1. The highest BCUT2D eigenvalue weighted by Crippen LogP contribution is 2.25. The lowest BCUT2D eigenvalue weighted by molar-refractivity contribution is 0.434. The number of hydrogen-bond acceptors (Lipinski definition) is 1. The van der Waals surface area contributed by atoms with Gasteiger partial charge in [0.05, 0.1) is 0 Å². The first-order chi connectivity index (χ1) is 8.88. The molecule has 1 saturated heterocycles. The molecule has 1 aliphatic heterocycles. The molecule has 0 bridgehead atoms. The summed E-state index contributed by atoms with van der Waals surface area (Å²) in [5.74, 6) is 0.851. The van der Waals surface area contributed by atoms with Crippen LogP contribution in [0.15, 0.2) is 42.5 Å². The summed E-state index contributed by atoms with van der Waals surface area (Å²) in [5.41, 5.74) is 1.49. The van der Waals surface area contributed by atoms with Crippen LogP contribution in [0.3, 0.4) is 0 Å². The molecule has 1 heteroatoms. The average Bonchev–Trinajstić information content (AvgIpc) is 2.86. The predicted octanol–water partition coefficient (Wildman–Crippen LogP) is 3.77. The Balaban J connectivity index is 1.90. The molecule has 0 spiro atoms. The maximum absolute atomic E-state index is 3.67. The molecule has 2 aromatic rings. The molecule has 18 heavy (non-hydrogen) atoms. The average molecular weight is 239 g/mol. The van der Waals surface area contributed by atoms with E-state index < -0.39 is 0 Å². The van der Waals surface area contributed by atoms with Gasteiger partial charge in [-0.3, -0.25) is 0 Å². The normalized spacial score (nSPS) is 23.6. The molecule has 2 aromatic carbocycles. The van der Waals surface area contributed by atoms with Crippen molar-refractivity contribution < 1.29 is 0 Å². The van der Waals surface area contributed by atoms with E-state index in [1.54, 1.807) is 0 Å². The van der Waals surface area contributed by atoms with E-state index in [0.29, 0.717) is 6.04 Å². The second kappa shape index (κ2) is 5.11. The Labute approximate surface area is 109 Å². The van der Waals surface area contributed by atoms with E-state index in [1.807, 2.05) is 0 Å². The molecule has 1 N–H and O–H groups in total. The molecule has 0 aliphatic carbocycles. The largest absolute Gasteiger partial charge is 0.313 e. The Hall–Kier alpha value is -1.34. The van der Waals surface area contributed by atoms with Crippen LogP contribution >= 0.6 is 0 Å². The second-order valence-corrected chi connectivity index (χ2v) is 5.36. The third kappa shape index (κ3) is 2.15. The Morgan fingerprint density at radius 2 is 1.94 bits per heavy atom. The van der Waals surface area contributed by atoms with Gasteiger partial charge < -0.3 is 5.32 Å². The fourth-order valence-electron chi connectivity index (χ4n) is 3.26. The van der Waals surface area contributed by atoms with E-state index in [2.05, 4.69) is 54.7 Å². The van der Waals surface area contributed by atoms with Gasteiger partial charge in [0.2, 0.25) is 0 Å². The zero-order chi connectivity index (χ0) is 12.4. The highest BCUT2D eigenvalue weighted by atomic mass is 14.9. The first kappa shape index (κ1) is 11.7. The summed E-state index contributed by atoms with van der Waals surface area (Å²) >= 11 is 0. The van der Waals surface area contributed by atoms with Crippen molar-refractivity contribution in [3.8, 4) is 0 Å². The van der Waals surface area contributed by atoms with Crippen molar-refractivity contribution in [2.75, 3.05) is 6.54 Å². The smallest absolute Gasteiger partial charge is 0.0136 e. The van der Waals surface area contributed by atoms with Gasteiger partial charge in [-0.05, 0) is 41.6 Å². The van der Waals surface area contributed by atoms with Crippen LogP contribution in [-0.4, -0.2) is 12.6 Å². The van der Waals surface area contributed by atoms with Crippen molar-refractivity contribution in [2.24, 2.45) is 5.92 Å². The lowest BCUT2D eigenvalue weighted by Gasteiger charge is -2.19. The Morgan fingerprint density at radius 1 is 1.11 bits per heavy atom. The Morgan fingerprint density at radius 3 is 2.83 bits per heavy atom. The van der Waals surface area contributed by atoms with Gasteiger partial charge in [-0.1, -0.05) is 55.8 Å². The molecule has 2 atom stereocenters. The first-order valence-electron chi connectivity index (χ1n) is 7.08. The molecule has 1 heterocycles. The maximum Gasteiger partial charge on any atom is 0.0136 e. The minimum absolute atomic E-state index is 0.667. The molecule has 0 aromatic heterocycles. The number of benzene rings is 2. The van der Waals surface area contributed by atoms with Crippen LogP contribution in [0.5, 0.6) is 0 Å². The highest BCUT2D eigenvalue weighted by molar-refractivity contribution is 5.85. The monoisotopic (exact) mass is 239 g/mol. The van der Waals surface area contributed by atoms with Crippen LogP contribution in [-0.2, 0) is 6.42 Å². The first-order valence-corrected chi connectivity index (χ1v) is 7.08. The van der Waals surface area contributed by atoms with Crippen molar-refractivity contribution in [1.82, 2.24) is 5.32 Å². The molecule has 3 rings (SSSR count). The second-order valence-electron chi connectivity index (χ2n) is 5.36. The van der Waals surface area contributed by atoms with Crippen LogP contribution < -0.4 is 5.32 Å². The zero-order valence-electron chi connectivity index (χ0n) is 11.0. The minimum atomic E-state index is 0.667. The topological polar surface area (TPSA) is 12.0 Å². The Kier molecular flexibility index (Phi) is 3.33. The predicted molar refractivity (Wildman–Crippen MR) is 77.8 cm³/mol. The van der Waals surface area contributed by atoms with Gasteiger partial charge in [-0.2, -0.15) is 0 Å². The van der Waals surface area contributed by atoms with Crippen molar-refractivity contribution in [3.63, 3.8) is 0 Å². The maximum atomic E-state index is 3.67. The van der Waals surface area contributed by atoms with E-state index >= 15 is 0 Å². The summed E-state index contributed by atoms with van der Waals surface area (Å²) in [6.45, 7) is 3.50. The van der Waals surface area contributed by atoms with Gasteiger partial charge >= 0.3 is 0 Å². The molecule has 0 radical (unpaired) electrons. The summed E-state index contributed by atoms with van der Waals surface area (Å²) in [4.78, 5) is 0. The van der Waals surface area contributed by atoms with Gasteiger partial charge in [0.15, 0.2) is 0 Å². The number of hydrogen-bond donors (Lipinski definition) is 1. The van der Waals surface area contributed by atoms with E-state index in [4.69, 9.17) is 0 Å². The number of rotatable bonds is 3. The van der Waals surface area contributed by atoms with Gasteiger partial charge in [-0.15, -0.1) is 0 Å². The lowest BCUT2D eigenvalue weighted by atomic mass is 9.91. The van der Waals surface area contributed by atoms with E-state index in [9.17, 15) is 0 Å². The van der Waals surface area contributed by atoms with Gasteiger partial charge in [-0.25, -0.2) is 0 Å². The van der Waals surface area contributed by atoms with Gasteiger partial charge in [0.25, 0.3) is 0 Å². The molecular weight excluding hydrogens is 218 g/mol. The number of fused-ring (bicyclic) bond motifs is 1. The standard InChI is InChI=1S/C17H21N/c1-2-13-10-11-18-17(13)12-15-8-5-7-14-6-3-4-9-16(14)15/h3-9,13,17-18H,2,10-12H2,1H3. The highest BCUT2D eigenvalue weighted by Gasteiger charge is 2.25. The van der Waals surface area contributed by atoms with Crippen molar-refractivity contribution in [2.45, 2.75) is 32.2 Å². The Bertz CT molecular complexity index is 527. The fourth-order valence-corrected chi connectivity index (χ4v) is 3.26. The van der Waals surface area contributed by atoms with Crippen molar-refractivity contribution >= 4 is 10.8 Å². The molecular formula is C17H21N. The molecule has 0 amide bonds. The lowest BCUT2D eigenvalue weighted by Crippen LogP contribution is -2.29. The van der Waals surface area contributed by atoms with Crippen LogP contribution in [0.2, 0.25) is 0 Å². The molecule has 0 saturated carbocycles. The van der Waals surface area contributed by atoms with Crippen molar-refractivity contribution in [3.05, 3.63) is 48.0 Å². The molecule has 1 aliphatic rings. The van der Waals surface area contributed by atoms with E-state index in [-0.39, 0.29) is 0 Å². The summed E-state index contributed by atoms with van der Waals surface area (Å²) in [5, 5.41) is 6.45. The molecule has 94 valence electrons. The zero-order valence-corrected chi connectivity index (χ0v) is 11.0. The third-order valence-electron chi connectivity index (χ3n) is 4.33. The van der Waals surface area contributed by atoms with Crippen LogP contribution in [0.1, 0.15) is 25.3 Å². The van der Waals surface area contributed by atoms with Crippen LogP contribution in [0.4, 0.5) is 0 Å². The fraction of sp³-hybridized carbons (Fsp3) is 0.412. The SMILES string of the molecule is CCC1CCNC1Cc1cccc2ccccc12. The van der Waals surface area contributed by atoms with Crippen LogP contribution in [0, 0.1) is 5.92 Å². The third-order valence-corrected chi connectivity index (χ3v) is 4.33. The van der Waals surface area contributed by atoms with E-state index in [1.165, 1.54) is 42.1 Å². The minimum Gasteiger partial charge on any atom is -0.313 e. The van der Waals surface area contributed by atoms with Gasteiger partial charge in [0, 0.05) is 6.04 Å². The molecule has 2 unspecified atom stereocenters. The summed E-state index contributed by atoms with van der Waals surface area (Å²) in [6, 6.07) is 16.1.